The molecule has 1 heterocycles. The van der Waals surface area contributed by atoms with Crippen LogP contribution in [0, 0.1) is 0 Å². The molecule has 0 aliphatic carbocycles. The zero-order valence-corrected chi connectivity index (χ0v) is 11.5. The third-order valence-electron chi connectivity index (χ3n) is 2.51. The van der Waals surface area contributed by atoms with Crippen molar-refractivity contribution < 1.29 is 9.59 Å². The highest BCUT2D eigenvalue weighted by atomic mass is 32.2. The number of hydrogen-bond donors (Lipinski definition) is 0. The lowest BCUT2D eigenvalue weighted by atomic mass is 10.2. The number of thioether (sulfide) groups is 1. The van der Waals surface area contributed by atoms with Crippen molar-refractivity contribution in [3.8, 4) is 0 Å². The van der Waals surface area contributed by atoms with Gasteiger partial charge in [0.2, 0.25) is 0 Å². The molecule has 1 aliphatic rings. The van der Waals surface area contributed by atoms with Crippen molar-refractivity contribution in [2.45, 2.75) is 19.2 Å². The van der Waals surface area contributed by atoms with E-state index in [4.69, 9.17) is 0 Å². The Morgan fingerprint density at radius 3 is 2.59 bits per heavy atom. The Kier molecular flexibility index (Phi) is 4.81. The van der Waals surface area contributed by atoms with Crippen LogP contribution < -0.4 is 0 Å². The van der Waals surface area contributed by atoms with Crippen LogP contribution in [0.4, 0.5) is 0 Å². The Bertz CT molecular complexity index is 375. The minimum Gasteiger partial charge on any atom is -0.383 e. The van der Waals surface area contributed by atoms with Gasteiger partial charge in [0, 0.05) is 38.6 Å². The van der Waals surface area contributed by atoms with E-state index >= 15 is 0 Å². The third-order valence-corrected chi connectivity index (χ3v) is 3.85. The van der Waals surface area contributed by atoms with Crippen molar-refractivity contribution in [1.82, 2.24) is 9.80 Å². The van der Waals surface area contributed by atoms with E-state index in [-0.39, 0.29) is 11.2 Å². The summed E-state index contributed by atoms with van der Waals surface area (Å²) in [5.41, 5.74) is 0.892. The summed E-state index contributed by atoms with van der Waals surface area (Å²) in [5.74, 6) is -0.0380. The lowest BCUT2D eigenvalue weighted by Crippen LogP contribution is -2.28. The molecule has 1 unspecified atom stereocenters. The van der Waals surface area contributed by atoms with Crippen LogP contribution in [-0.2, 0) is 9.59 Å². The minimum absolute atomic E-state index is 0.0380. The van der Waals surface area contributed by atoms with E-state index in [0.717, 1.165) is 18.5 Å². The molecule has 0 fully saturated rings. The Labute approximate surface area is 106 Å². The van der Waals surface area contributed by atoms with Gasteiger partial charge in [-0.3, -0.25) is 4.79 Å². The third kappa shape index (κ3) is 3.12. The van der Waals surface area contributed by atoms with Gasteiger partial charge in [0.15, 0.2) is 12.1 Å². The number of ketones is 1. The highest BCUT2D eigenvalue weighted by Crippen LogP contribution is 2.37. The molecule has 17 heavy (non-hydrogen) atoms. The van der Waals surface area contributed by atoms with Gasteiger partial charge in [-0.1, -0.05) is 11.8 Å². The molecule has 0 amide bonds. The standard InChI is InChI=1S/C12H18N2O2S/c1-5-14-9(2)12(17-11(14)8-15)10(16)6-7-13(3)4/h6-8,11H,5H2,1-4H3. The van der Waals surface area contributed by atoms with E-state index in [9.17, 15) is 9.59 Å². The first-order valence-electron chi connectivity index (χ1n) is 5.49. The van der Waals surface area contributed by atoms with Gasteiger partial charge in [-0.25, -0.2) is 0 Å². The van der Waals surface area contributed by atoms with Gasteiger partial charge >= 0.3 is 0 Å². The fourth-order valence-corrected chi connectivity index (χ4v) is 2.84. The fraction of sp³-hybridized carbons (Fsp3) is 0.500. The largest absolute Gasteiger partial charge is 0.383 e. The second kappa shape index (κ2) is 5.91. The smallest absolute Gasteiger partial charge is 0.195 e. The van der Waals surface area contributed by atoms with E-state index in [1.54, 1.807) is 6.20 Å². The monoisotopic (exact) mass is 254 g/mol. The number of nitrogens with zero attached hydrogens (tertiary/aromatic N) is 2. The summed E-state index contributed by atoms with van der Waals surface area (Å²) in [6, 6.07) is 0. The summed E-state index contributed by atoms with van der Waals surface area (Å²) in [7, 11) is 3.72. The number of allylic oxidation sites excluding steroid dienone is 3. The molecular formula is C12H18N2O2S. The number of rotatable bonds is 5. The molecule has 0 aromatic carbocycles. The second-order valence-corrected chi connectivity index (χ2v) is 5.12. The molecule has 1 atom stereocenters. The Balaban J connectivity index is 2.87. The van der Waals surface area contributed by atoms with Crippen LogP contribution in [-0.4, -0.2) is 47.9 Å². The maximum absolute atomic E-state index is 11.9. The first-order valence-corrected chi connectivity index (χ1v) is 6.37. The minimum atomic E-state index is -0.258. The van der Waals surface area contributed by atoms with E-state index in [1.807, 2.05) is 37.7 Å². The van der Waals surface area contributed by atoms with E-state index < -0.39 is 0 Å². The molecule has 0 saturated carbocycles. The number of carbonyl (C=O) groups is 2. The molecular weight excluding hydrogens is 236 g/mol. The molecule has 4 nitrogen and oxygen atoms in total. The average Bonchev–Trinajstić information content (AvgIpc) is 2.62. The molecule has 0 saturated heterocycles. The summed E-state index contributed by atoms with van der Waals surface area (Å²) in [4.78, 5) is 27.3. The van der Waals surface area contributed by atoms with E-state index in [1.165, 1.54) is 17.8 Å². The van der Waals surface area contributed by atoms with Gasteiger partial charge in [-0.15, -0.1) is 0 Å². The summed E-state index contributed by atoms with van der Waals surface area (Å²) in [6.07, 6.45) is 4.13. The molecule has 94 valence electrons. The molecule has 0 aromatic rings. The van der Waals surface area contributed by atoms with Crippen molar-refractivity contribution >= 4 is 23.8 Å². The van der Waals surface area contributed by atoms with Crippen LogP contribution in [0.15, 0.2) is 22.9 Å². The Morgan fingerprint density at radius 2 is 2.18 bits per heavy atom. The number of hydrogen-bond acceptors (Lipinski definition) is 5. The maximum Gasteiger partial charge on any atom is 0.195 e. The van der Waals surface area contributed by atoms with Crippen molar-refractivity contribution in [2.75, 3.05) is 20.6 Å². The first kappa shape index (κ1) is 13.8. The molecule has 5 heteroatoms. The van der Waals surface area contributed by atoms with Gasteiger partial charge in [0.1, 0.15) is 5.37 Å². The zero-order chi connectivity index (χ0) is 13.0. The number of likely N-dealkylation sites (N-methyl/N-ethyl adjacent to an activating group) is 1. The number of carbonyl (C=O) groups excluding carboxylic acids is 2. The summed E-state index contributed by atoms with van der Waals surface area (Å²) in [6.45, 7) is 4.59. The normalized spacial score (nSPS) is 20.2. The van der Waals surface area contributed by atoms with Crippen LogP contribution in [0.1, 0.15) is 13.8 Å². The lowest BCUT2D eigenvalue weighted by Gasteiger charge is -2.21. The van der Waals surface area contributed by atoms with Crippen molar-refractivity contribution in [3.05, 3.63) is 22.9 Å². The maximum atomic E-state index is 11.9. The second-order valence-electron chi connectivity index (χ2n) is 3.99. The van der Waals surface area contributed by atoms with E-state index in [2.05, 4.69) is 0 Å². The molecule has 0 N–H and O–H groups in total. The topological polar surface area (TPSA) is 40.6 Å². The van der Waals surface area contributed by atoms with Gasteiger partial charge in [0.25, 0.3) is 0 Å². The van der Waals surface area contributed by atoms with Crippen molar-refractivity contribution in [3.63, 3.8) is 0 Å². The first-order chi connectivity index (χ1) is 8.01. The molecule has 1 rings (SSSR count). The van der Waals surface area contributed by atoms with Crippen LogP contribution >= 0.6 is 11.8 Å². The Hall–Kier alpha value is -1.23. The summed E-state index contributed by atoms with van der Waals surface area (Å²) >= 11 is 1.33. The summed E-state index contributed by atoms with van der Waals surface area (Å²) < 4.78 is 0. The quantitative estimate of drug-likeness (QED) is 0.549. The average molecular weight is 254 g/mol. The van der Waals surface area contributed by atoms with Gasteiger partial charge in [-0.05, 0) is 13.8 Å². The van der Waals surface area contributed by atoms with Gasteiger partial charge in [-0.2, -0.15) is 0 Å². The zero-order valence-electron chi connectivity index (χ0n) is 10.6. The predicted molar refractivity (Wildman–Crippen MR) is 70.4 cm³/mol. The highest BCUT2D eigenvalue weighted by Gasteiger charge is 2.31. The van der Waals surface area contributed by atoms with Crippen molar-refractivity contribution in [2.24, 2.45) is 0 Å². The molecule has 1 aliphatic heterocycles. The Morgan fingerprint density at radius 1 is 1.53 bits per heavy atom. The van der Waals surface area contributed by atoms with Gasteiger partial charge < -0.3 is 14.6 Å². The van der Waals surface area contributed by atoms with Crippen LogP contribution in [0.25, 0.3) is 0 Å². The molecule has 0 radical (unpaired) electrons. The fourth-order valence-electron chi connectivity index (χ4n) is 1.64. The number of aldehydes is 1. The van der Waals surface area contributed by atoms with Crippen LogP contribution in [0.3, 0.4) is 0 Å². The van der Waals surface area contributed by atoms with Crippen LogP contribution in [0.2, 0.25) is 0 Å². The lowest BCUT2D eigenvalue weighted by molar-refractivity contribution is -0.111. The summed E-state index contributed by atoms with van der Waals surface area (Å²) in [5, 5.41) is -0.258. The SMILES string of the molecule is CCN1C(C)=C(C(=O)C=CN(C)C)SC1C=O. The molecule has 0 spiro atoms. The molecule has 0 bridgehead atoms. The van der Waals surface area contributed by atoms with Crippen molar-refractivity contribution in [1.29, 1.82) is 0 Å². The van der Waals surface area contributed by atoms with E-state index in [0.29, 0.717) is 4.91 Å². The molecule has 0 aromatic heterocycles. The highest BCUT2D eigenvalue weighted by molar-refractivity contribution is 8.05. The predicted octanol–water partition coefficient (Wildman–Crippen LogP) is 1.46. The van der Waals surface area contributed by atoms with Gasteiger partial charge in [0.05, 0.1) is 4.91 Å². The van der Waals surface area contributed by atoms with Crippen LogP contribution in [0.5, 0.6) is 0 Å².